The molecular formula is C9H13N3O2. The number of hydrogen-bond acceptors (Lipinski definition) is 4. The number of nitrogens with zero attached hydrogens (tertiary/aromatic N) is 1. The third-order valence-corrected chi connectivity index (χ3v) is 1.94. The van der Waals surface area contributed by atoms with Crippen molar-refractivity contribution >= 4 is 5.97 Å². The molecule has 1 aromatic rings. The van der Waals surface area contributed by atoms with Crippen LogP contribution in [-0.2, 0) is 4.79 Å². The number of carboxylic acids is 1. The molecule has 0 saturated carbocycles. The van der Waals surface area contributed by atoms with E-state index in [1.807, 2.05) is 0 Å². The maximum Gasteiger partial charge on any atom is 0.304 e. The molecule has 0 aliphatic rings. The van der Waals surface area contributed by atoms with Gasteiger partial charge in [0.15, 0.2) is 0 Å². The molecule has 0 saturated heterocycles. The highest BCUT2D eigenvalue weighted by atomic mass is 16.4. The van der Waals surface area contributed by atoms with Crippen LogP contribution in [-0.4, -0.2) is 22.1 Å². The Morgan fingerprint density at radius 1 is 1.57 bits per heavy atom. The molecular weight excluding hydrogens is 182 g/mol. The van der Waals surface area contributed by atoms with Gasteiger partial charge in [0.1, 0.15) is 0 Å². The van der Waals surface area contributed by atoms with Gasteiger partial charge in [0.2, 0.25) is 0 Å². The lowest BCUT2D eigenvalue weighted by Crippen LogP contribution is -2.36. The molecule has 0 amide bonds. The Morgan fingerprint density at radius 3 is 2.79 bits per heavy atom. The van der Waals surface area contributed by atoms with Gasteiger partial charge < -0.3 is 16.6 Å². The van der Waals surface area contributed by atoms with Gasteiger partial charge >= 0.3 is 5.97 Å². The Bertz CT molecular complexity index is 302. The third-order valence-electron chi connectivity index (χ3n) is 1.94. The van der Waals surface area contributed by atoms with Crippen LogP contribution >= 0.6 is 0 Å². The van der Waals surface area contributed by atoms with Crippen molar-refractivity contribution in [1.29, 1.82) is 0 Å². The largest absolute Gasteiger partial charge is 0.481 e. The Kier molecular flexibility index (Phi) is 3.55. The minimum atomic E-state index is -0.947. The van der Waals surface area contributed by atoms with Crippen molar-refractivity contribution < 1.29 is 9.90 Å². The van der Waals surface area contributed by atoms with Gasteiger partial charge in [-0.05, 0) is 11.6 Å². The molecule has 2 unspecified atom stereocenters. The zero-order valence-electron chi connectivity index (χ0n) is 7.63. The molecule has 0 bridgehead atoms. The topological polar surface area (TPSA) is 102 Å². The van der Waals surface area contributed by atoms with Crippen molar-refractivity contribution in [3.05, 3.63) is 30.1 Å². The van der Waals surface area contributed by atoms with Crippen LogP contribution in [0.2, 0.25) is 0 Å². The fraction of sp³-hybridized carbons (Fsp3) is 0.333. The lowest BCUT2D eigenvalue weighted by atomic mass is 10.0. The molecule has 0 fully saturated rings. The Labute approximate surface area is 81.7 Å². The van der Waals surface area contributed by atoms with E-state index < -0.39 is 18.1 Å². The molecule has 5 nitrogen and oxygen atoms in total. The summed E-state index contributed by atoms with van der Waals surface area (Å²) in [6.45, 7) is 0. The fourth-order valence-corrected chi connectivity index (χ4v) is 1.15. The van der Waals surface area contributed by atoms with Crippen LogP contribution in [0.1, 0.15) is 18.0 Å². The summed E-state index contributed by atoms with van der Waals surface area (Å²) < 4.78 is 0. The van der Waals surface area contributed by atoms with Gasteiger partial charge in [0.25, 0.3) is 0 Å². The van der Waals surface area contributed by atoms with E-state index in [0.717, 1.165) is 5.56 Å². The summed E-state index contributed by atoms with van der Waals surface area (Å²) in [7, 11) is 0. The highest BCUT2D eigenvalue weighted by Crippen LogP contribution is 2.13. The highest BCUT2D eigenvalue weighted by Gasteiger charge is 2.17. The van der Waals surface area contributed by atoms with Crippen LogP contribution in [0.3, 0.4) is 0 Å². The maximum atomic E-state index is 10.4. The van der Waals surface area contributed by atoms with Gasteiger partial charge in [-0.2, -0.15) is 0 Å². The Morgan fingerprint density at radius 2 is 2.29 bits per heavy atom. The molecule has 1 rings (SSSR count). The quantitative estimate of drug-likeness (QED) is 0.621. The van der Waals surface area contributed by atoms with Crippen LogP contribution in [0.15, 0.2) is 24.5 Å². The number of aromatic nitrogens is 1. The summed E-state index contributed by atoms with van der Waals surface area (Å²) >= 11 is 0. The summed E-state index contributed by atoms with van der Waals surface area (Å²) in [5.41, 5.74) is 12.1. The van der Waals surface area contributed by atoms with Gasteiger partial charge in [-0.3, -0.25) is 9.78 Å². The van der Waals surface area contributed by atoms with E-state index in [2.05, 4.69) is 4.98 Å². The predicted molar refractivity (Wildman–Crippen MR) is 51.4 cm³/mol. The first-order valence-corrected chi connectivity index (χ1v) is 4.24. The minimum absolute atomic E-state index is 0.143. The number of nitrogens with two attached hydrogens (primary N) is 2. The molecule has 0 spiro atoms. The van der Waals surface area contributed by atoms with E-state index in [1.54, 1.807) is 24.5 Å². The Hall–Kier alpha value is -1.46. The molecule has 2 atom stereocenters. The van der Waals surface area contributed by atoms with Gasteiger partial charge in [0, 0.05) is 24.5 Å². The van der Waals surface area contributed by atoms with Crippen molar-refractivity contribution in [2.24, 2.45) is 11.5 Å². The van der Waals surface area contributed by atoms with Crippen molar-refractivity contribution in [1.82, 2.24) is 4.98 Å². The van der Waals surface area contributed by atoms with E-state index in [0.29, 0.717) is 0 Å². The first kappa shape index (κ1) is 10.6. The second-order valence-electron chi connectivity index (χ2n) is 3.07. The summed E-state index contributed by atoms with van der Waals surface area (Å²) in [5, 5.41) is 8.53. The average molecular weight is 195 g/mol. The van der Waals surface area contributed by atoms with Crippen molar-refractivity contribution in [2.75, 3.05) is 0 Å². The molecule has 0 radical (unpaired) electrons. The van der Waals surface area contributed by atoms with Crippen molar-refractivity contribution in [2.45, 2.75) is 18.5 Å². The van der Waals surface area contributed by atoms with Crippen LogP contribution in [0.4, 0.5) is 0 Å². The first-order chi connectivity index (χ1) is 6.61. The lowest BCUT2D eigenvalue weighted by molar-refractivity contribution is -0.137. The Balaban J connectivity index is 2.65. The second kappa shape index (κ2) is 4.69. The minimum Gasteiger partial charge on any atom is -0.481 e. The third kappa shape index (κ3) is 2.79. The van der Waals surface area contributed by atoms with Crippen LogP contribution in [0, 0.1) is 0 Å². The van der Waals surface area contributed by atoms with Gasteiger partial charge in [-0.15, -0.1) is 0 Å². The summed E-state index contributed by atoms with van der Waals surface area (Å²) in [6, 6.07) is 2.44. The zero-order chi connectivity index (χ0) is 10.6. The number of aliphatic carboxylic acids is 1. The number of hydrogen-bond donors (Lipinski definition) is 3. The molecule has 14 heavy (non-hydrogen) atoms. The molecule has 0 aliphatic heterocycles. The van der Waals surface area contributed by atoms with E-state index in [1.165, 1.54) is 0 Å². The van der Waals surface area contributed by atoms with Crippen molar-refractivity contribution in [3.8, 4) is 0 Å². The molecule has 76 valence electrons. The maximum absolute atomic E-state index is 10.4. The van der Waals surface area contributed by atoms with Crippen LogP contribution in [0.5, 0.6) is 0 Å². The van der Waals surface area contributed by atoms with Crippen LogP contribution < -0.4 is 11.5 Å². The van der Waals surface area contributed by atoms with E-state index in [-0.39, 0.29) is 6.42 Å². The second-order valence-corrected chi connectivity index (χ2v) is 3.07. The van der Waals surface area contributed by atoms with Crippen LogP contribution in [0.25, 0.3) is 0 Å². The number of pyridine rings is 1. The summed E-state index contributed by atoms with van der Waals surface area (Å²) in [6.07, 6.45) is 3.07. The smallest absolute Gasteiger partial charge is 0.304 e. The van der Waals surface area contributed by atoms with E-state index in [9.17, 15) is 4.79 Å². The fourth-order valence-electron chi connectivity index (χ4n) is 1.15. The SMILES string of the molecule is NC(CC(=O)O)C(N)c1cccnc1. The number of rotatable bonds is 4. The molecule has 0 aromatic carbocycles. The molecule has 0 aliphatic carbocycles. The zero-order valence-corrected chi connectivity index (χ0v) is 7.63. The van der Waals surface area contributed by atoms with E-state index in [4.69, 9.17) is 16.6 Å². The van der Waals surface area contributed by atoms with E-state index >= 15 is 0 Å². The normalized spacial score (nSPS) is 14.7. The van der Waals surface area contributed by atoms with Gasteiger partial charge in [-0.25, -0.2) is 0 Å². The monoisotopic (exact) mass is 195 g/mol. The number of carbonyl (C=O) groups is 1. The molecule has 1 aromatic heterocycles. The summed E-state index contributed by atoms with van der Waals surface area (Å²) in [4.78, 5) is 14.3. The predicted octanol–water partition coefficient (Wildman–Crippen LogP) is -0.117. The average Bonchev–Trinajstić information content (AvgIpc) is 2.17. The van der Waals surface area contributed by atoms with Gasteiger partial charge in [0.05, 0.1) is 6.42 Å². The summed E-state index contributed by atoms with van der Waals surface area (Å²) in [5.74, 6) is -0.947. The standard InChI is InChI=1S/C9H13N3O2/c10-7(4-8(13)14)9(11)6-2-1-3-12-5-6/h1-3,5,7,9H,4,10-11H2,(H,13,14). The van der Waals surface area contributed by atoms with Crippen molar-refractivity contribution in [3.63, 3.8) is 0 Å². The highest BCUT2D eigenvalue weighted by molar-refractivity contribution is 5.67. The number of carboxylic acid groups (broad SMARTS) is 1. The van der Waals surface area contributed by atoms with Gasteiger partial charge in [-0.1, -0.05) is 6.07 Å². The molecule has 5 N–H and O–H groups in total. The molecule has 1 heterocycles. The first-order valence-electron chi connectivity index (χ1n) is 4.24. The lowest BCUT2D eigenvalue weighted by Gasteiger charge is -2.17. The molecule has 5 heteroatoms.